The highest BCUT2D eigenvalue weighted by Crippen LogP contribution is 2.28. The van der Waals surface area contributed by atoms with E-state index < -0.39 is 6.10 Å². The fourth-order valence-electron chi connectivity index (χ4n) is 3.36. The summed E-state index contributed by atoms with van der Waals surface area (Å²) < 4.78 is 10.4. The van der Waals surface area contributed by atoms with Crippen molar-refractivity contribution in [3.05, 3.63) is 54.1 Å². The quantitative estimate of drug-likeness (QED) is 0.437. The summed E-state index contributed by atoms with van der Waals surface area (Å²) in [4.78, 5) is 12.8. The van der Waals surface area contributed by atoms with Crippen molar-refractivity contribution in [2.45, 2.75) is 51.4 Å². The summed E-state index contributed by atoms with van der Waals surface area (Å²) in [6, 6.07) is 9.81. The standard InChI is InChI=1S/C20H27N3O2.HI/c1-16-22(2)14-15-23(16)13-12-21-20(24)19(17-8-4-3-5-9-17)25-18-10-6-7-11-18;/h3-5,8-9,14-15,18-19H,6-7,10-13H2,1-2H3;1H. The molecule has 0 bridgehead atoms. The van der Waals surface area contributed by atoms with Crippen molar-refractivity contribution in [3.63, 3.8) is 0 Å². The molecule has 0 radical (unpaired) electrons. The first kappa shape index (κ1) is 20.9. The van der Waals surface area contributed by atoms with Crippen molar-refractivity contribution < 1.29 is 38.1 Å². The molecule has 0 saturated heterocycles. The number of carbonyl (C=O) groups excluding carboxylic acids is 1. The molecule has 26 heavy (non-hydrogen) atoms. The second-order valence-corrected chi connectivity index (χ2v) is 6.77. The van der Waals surface area contributed by atoms with Crippen LogP contribution in [0.3, 0.4) is 0 Å². The molecule has 0 aliphatic heterocycles. The number of hydrogen-bond donors (Lipinski definition) is 1. The molecule has 142 valence electrons. The van der Waals surface area contributed by atoms with Gasteiger partial charge in [-0.2, -0.15) is 0 Å². The number of benzene rings is 1. The van der Waals surface area contributed by atoms with Crippen LogP contribution in [-0.4, -0.2) is 23.1 Å². The zero-order chi connectivity index (χ0) is 17.6. The molecule has 1 aliphatic rings. The topological polar surface area (TPSA) is 47.1 Å². The van der Waals surface area contributed by atoms with Crippen molar-refractivity contribution in [1.82, 2.24) is 9.88 Å². The largest absolute Gasteiger partial charge is 1.00 e. The van der Waals surface area contributed by atoms with E-state index in [1.165, 1.54) is 12.8 Å². The smallest absolute Gasteiger partial charge is 0.253 e. The normalized spacial score (nSPS) is 15.5. The maximum atomic E-state index is 12.8. The Kier molecular flexibility index (Phi) is 8.09. The lowest BCUT2D eigenvalue weighted by Gasteiger charge is -2.22. The van der Waals surface area contributed by atoms with E-state index in [0.29, 0.717) is 6.54 Å². The molecule has 6 heteroatoms. The summed E-state index contributed by atoms with van der Waals surface area (Å²) in [6.45, 7) is 3.41. The summed E-state index contributed by atoms with van der Waals surface area (Å²) in [5.74, 6) is 1.11. The van der Waals surface area contributed by atoms with Gasteiger partial charge in [-0.3, -0.25) is 4.79 Å². The lowest BCUT2D eigenvalue weighted by Crippen LogP contribution is -3.00. The van der Waals surface area contributed by atoms with E-state index in [1.54, 1.807) is 0 Å². The van der Waals surface area contributed by atoms with Crippen LogP contribution in [0.5, 0.6) is 0 Å². The molecule has 1 aromatic heterocycles. The maximum Gasteiger partial charge on any atom is 0.253 e. The molecule has 1 heterocycles. The zero-order valence-electron chi connectivity index (χ0n) is 15.5. The Labute approximate surface area is 172 Å². The highest BCUT2D eigenvalue weighted by Gasteiger charge is 2.27. The predicted octanol–water partition coefficient (Wildman–Crippen LogP) is -0.558. The number of nitrogens with zero attached hydrogens (tertiary/aromatic N) is 2. The van der Waals surface area contributed by atoms with Gasteiger partial charge in [-0.1, -0.05) is 43.2 Å². The molecule has 1 aliphatic carbocycles. The van der Waals surface area contributed by atoms with E-state index in [4.69, 9.17) is 4.74 Å². The third-order valence-corrected chi connectivity index (χ3v) is 5.02. The number of amides is 1. The lowest BCUT2D eigenvalue weighted by atomic mass is 10.1. The Bertz CT molecular complexity index is 696. The number of nitrogens with one attached hydrogen (secondary N) is 1. The highest BCUT2D eigenvalue weighted by atomic mass is 127. The van der Waals surface area contributed by atoms with Crippen LogP contribution in [0.15, 0.2) is 42.7 Å². The summed E-state index contributed by atoms with van der Waals surface area (Å²) in [5.41, 5.74) is 0.926. The second-order valence-electron chi connectivity index (χ2n) is 6.77. The first-order chi connectivity index (χ1) is 12.1. The van der Waals surface area contributed by atoms with Crippen LogP contribution in [0, 0.1) is 6.92 Å². The molecule has 1 aromatic carbocycles. The van der Waals surface area contributed by atoms with Crippen LogP contribution in [-0.2, 0) is 23.1 Å². The predicted molar refractivity (Wildman–Crippen MR) is 95.9 cm³/mol. The summed E-state index contributed by atoms with van der Waals surface area (Å²) in [7, 11) is 2.02. The fraction of sp³-hybridized carbons (Fsp3) is 0.500. The number of imidazole rings is 1. The molecule has 1 fully saturated rings. The zero-order valence-corrected chi connectivity index (χ0v) is 17.7. The van der Waals surface area contributed by atoms with E-state index >= 15 is 0 Å². The van der Waals surface area contributed by atoms with Crippen LogP contribution in [0.25, 0.3) is 0 Å². The minimum absolute atomic E-state index is 0. The van der Waals surface area contributed by atoms with Gasteiger partial charge < -0.3 is 34.0 Å². The summed E-state index contributed by atoms with van der Waals surface area (Å²) in [5, 5.41) is 3.05. The molecular weight excluding hydrogens is 441 g/mol. The molecule has 1 unspecified atom stereocenters. The van der Waals surface area contributed by atoms with Crippen molar-refractivity contribution in [1.29, 1.82) is 0 Å². The summed E-state index contributed by atoms with van der Waals surface area (Å²) >= 11 is 0. The molecule has 5 nitrogen and oxygen atoms in total. The molecular formula is C20H28IN3O2. The third-order valence-electron chi connectivity index (χ3n) is 5.02. The Morgan fingerprint density at radius 1 is 1.31 bits per heavy atom. The van der Waals surface area contributed by atoms with Gasteiger partial charge in [0, 0.05) is 6.92 Å². The van der Waals surface area contributed by atoms with Gasteiger partial charge in [0.15, 0.2) is 6.10 Å². The number of aryl methyl sites for hydroxylation is 1. The molecule has 0 spiro atoms. The van der Waals surface area contributed by atoms with Gasteiger partial charge in [-0.15, -0.1) is 0 Å². The van der Waals surface area contributed by atoms with Gasteiger partial charge in [-0.05, 0) is 18.4 Å². The Hall–Kier alpha value is -1.41. The highest BCUT2D eigenvalue weighted by molar-refractivity contribution is 5.82. The van der Waals surface area contributed by atoms with Gasteiger partial charge in [0.25, 0.3) is 11.7 Å². The number of hydrogen-bond acceptors (Lipinski definition) is 2. The second kappa shape index (κ2) is 10.1. The van der Waals surface area contributed by atoms with Gasteiger partial charge in [0.1, 0.15) is 18.9 Å². The fourth-order valence-corrected chi connectivity index (χ4v) is 3.36. The minimum atomic E-state index is -0.522. The van der Waals surface area contributed by atoms with Crippen LogP contribution in [0.4, 0.5) is 0 Å². The monoisotopic (exact) mass is 469 g/mol. The third kappa shape index (κ3) is 5.30. The first-order valence-electron chi connectivity index (χ1n) is 9.14. The maximum absolute atomic E-state index is 12.8. The van der Waals surface area contributed by atoms with Crippen molar-refractivity contribution in [3.8, 4) is 0 Å². The van der Waals surface area contributed by atoms with E-state index in [1.807, 2.05) is 49.8 Å². The molecule has 2 aromatic rings. The van der Waals surface area contributed by atoms with Crippen LogP contribution >= 0.6 is 0 Å². The molecule has 3 rings (SSSR count). The van der Waals surface area contributed by atoms with Gasteiger partial charge in [0.05, 0.1) is 19.7 Å². The minimum Gasteiger partial charge on any atom is -1.00 e. The van der Waals surface area contributed by atoms with Gasteiger partial charge in [-0.25, -0.2) is 9.13 Å². The van der Waals surface area contributed by atoms with Crippen LogP contribution in [0.1, 0.15) is 43.2 Å². The molecule has 1 atom stereocenters. The number of rotatable bonds is 7. The van der Waals surface area contributed by atoms with E-state index in [9.17, 15) is 4.79 Å². The number of carbonyl (C=O) groups is 1. The van der Waals surface area contributed by atoms with E-state index in [2.05, 4.69) is 21.4 Å². The average molecular weight is 469 g/mol. The lowest BCUT2D eigenvalue weighted by molar-refractivity contribution is -0.677. The molecule has 1 amide bonds. The SMILES string of the molecule is Cc1n(CCNC(=O)C(OC2CCCC2)c2ccccc2)cc[n+]1C.[I-]. The summed E-state index contributed by atoms with van der Waals surface area (Å²) in [6.07, 6.45) is 8.21. The Morgan fingerprint density at radius 3 is 2.62 bits per heavy atom. The average Bonchev–Trinajstić information content (AvgIpc) is 3.25. The van der Waals surface area contributed by atoms with Crippen LogP contribution < -0.4 is 33.9 Å². The van der Waals surface area contributed by atoms with Gasteiger partial charge >= 0.3 is 0 Å². The molecule has 1 saturated carbocycles. The number of aromatic nitrogens is 2. The van der Waals surface area contributed by atoms with Crippen LogP contribution in [0.2, 0.25) is 0 Å². The first-order valence-corrected chi connectivity index (χ1v) is 9.14. The van der Waals surface area contributed by atoms with E-state index in [0.717, 1.165) is 30.8 Å². The Balaban J connectivity index is 0.00000243. The van der Waals surface area contributed by atoms with Crippen molar-refractivity contribution >= 4 is 5.91 Å². The molecule has 1 N–H and O–H groups in total. The van der Waals surface area contributed by atoms with Gasteiger partial charge in [0.2, 0.25) is 0 Å². The number of ether oxygens (including phenoxy) is 1. The van der Waals surface area contributed by atoms with Crippen molar-refractivity contribution in [2.75, 3.05) is 6.54 Å². The number of halogens is 1. The van der Waals surface area contributed by atoms with E-state index in [-0.39, 0.29) is 36.0 Å². The Morgan fingerprint density at radius 2 is 2.00 bits per heavy atom. The van der Waals surface area contributed by atoms with Crippen molar-refractivity contribution in [2.24, 2.45) is 7.05 Å².